The van der Waals surface area contributed by atoms with Crippen LogP contribution in [0, 0.1) is 5.92 Å². The van der Waals surface area contributed by atoms with Crippen molar-refractivity contribution in [2.75, 3.05) is 34.0 Å². The highest BCUT2D eigenvalue weighted by Crippen LogP contribution is 2.41. The Balaban J connectivity index is 2.28. The maximum Gasteiger partial charge on any atom is 0.161 e. The molecule has 1 aromatic rings. The van der Waals surface area contributed by atoms with Gasteiger partial charge in [0.15, 0.2) is 11.5 Å². The maximum atomic E-state index is 5.75. The van der Waals surface area contributed by atoms with Gasteiger partial charge in [-0.2, -0.15) is 0 Å². The molecule has 19 heavy (non-hydrogen) atoms. The lowest BCUT2D eigenvalue weighted by Gasteiger charge is -2.43. The lowest BCUT2D eigenvalue weighted by Crippen LogP contribution is -2.48. The average molecular weight is 265 g/mol. The van der Waals surface area contributed by atoms with Gasteiger partial charge in [0.1, 0.15) is 0 Å². The molecule has 1 heterocycles. The number of rotatable bonds is 6. The lowest BCUT2D eigenvalue weighted by molar-refractivity contribution is -0.0702. The van der Waals surface area contributed by atoms with Crippen LogP contribution in [0.1, 0.15) is 18.9 Å². The zero-order valence-electron chi connectivity index (χ0n) is 11.9. The van der Waals surface area contributed by atoms with Gasteiger partial charge in [0.05, 0.1) is 27.4 Å². The van der Waals surface area contributed by atoms with Crippen molar-refractivity contribution >= 4 is 0 Å². The van der Waals surface area contributed by atoms with E-state index in [0.29, 0.717) is 12.5 Å². The summed E-state index contributed by atoms with van der Waals surface area (Å²) < 4.78 is 16.1. The molecule has 1 unspecified atom stereocenters. The van der Waals surface area contributed by atoms with Crippen molar-refractivity contribution in [1.82, 2.24) is 0 Å². The van der Waals surface area contributed by atoms with Crippen LogP contribution in [-0.2, 0) is 10.2 Å². The molecule has 1 aliphatic rings. The molecule has 106 valence electrons. The van der Waals surface area contributed by atoms with Crippen LogP contribution in [0.15, 0.2) is 18.2 Å². The minimum Gasteiger partial charge on any atom is -0.493 e. The van der Waals surface area contributed by atoms with Crippen molar-refractivity contribution in [2.45, 2.75) is 18.8 Å². The first kappa shape index (κ1) is 14.2. The molecular weight excluding hydrogens is 242 g/mol. The number of hydrogen-bond donors (Lipinski definition) is 1. The Morgan fingerprint density at radius 1 is 1.26 bits per heavy atom. The Morgan fingerprint density at radius 2 is 1.95 bits per heavy atom. The summed E-state index contributed by atoms with van der Waals surface area (Å²) in [5.41, 5.74) is 7.08. The second kappa shape index (κ2) is 5.80. The van der Waals surface area contributed by atoms with Crippen molar-refractivity contribution in [2.24, 2.45) is 11.7 Å². The van der Waals surface area contributed by atoms with E-state index in [4.69, 9.17) is 19.9 Å². The normalized spacial score (nSPS) is 18.5. The van der Waals surface area contributed by atoms with Gasteiger partial charge in [-0.3, -0.25) is 0 Å². The molecule has 0 bridgehead atoms. The minimum absolute atomic E-state index is 0.0817. The number of ether oxygens (including phenoxy) is 3. The van der Waals surface area contributed by atoms with E-state index in [1.165, 1.54) is 5.56 Å². The van der Waals surface area contributed by atoms with Crippen LogP contribution in [0.5, 0.6) is 11.5 Å². The summed E-state index contributed by atoms with van der Waals surface area (Å²) in [7, 11) is 3.31. The van der Waals surface area contributed by atoms with Gasteiger partial charge >= 0.3 is 0 Å². The van der Waals surface area contributed by atoms with Gasteiger partial charge in [-0.05, 0) is 36.6 Å². The summed E-state index contributed by atoms with van der Waals surface area (Å²) >= 11 is 0. The highest BCUT2D eigenvalue weighted by Gasteiger charge is 2.41. The first-order valence-corrected chi connectivity index (χ1v) is 6.65. The molecule has 0 radical (unpaired) electrons. The third-order valence-electron chi connectivity index (χ3n) is 3.89. The van der Waals surface area contributed by atoms with Gasteiger partial charge in [0.25, 0.3) is 0 Å². The minimum atomic E-state index is 0.0817. The summed E-state index contributed by atoms with van der Waals surface area (Å²) in [4.78, 5) is 0. The van der Waals surface area contributed by atoms with Crippen LogP contribution >= 0.6 is 0 Å². The Bertz CT molecular complexity index is 429. The molecular formula is C15H23NO3. The van der Waals surface area contributed by atoms with Crippen molar-refractivity contribution in [3.8, 4) is 11.5 Å². The number of nitrogens with two attached hydrogens (primary N) is 1. The molecule has 2 rings (SSSR count). The van der Waals surface area contributed by atoms with Crippen LogP contribution in [0.2, 0.25) is 0 Å². The molecule has 1 saturated heterocycles. The zero-order valence-corrected chi connectivity index (χ0v) is 11.9. The molecule has 1 aromatic carbocycles. The molecule has 1 fully saturated rings. The average Bonchev–Trinajstić information content (AvgIpc) is 2.41. The highest BCUT2D eigenvalue weighted by molar-refractivity contribution is 5.46. The predicted molar refractivity (Wildman–Crippen MR) is 74.9 cm³/mol. The Morgan fingerprint density at radius 3 is 2.42 bits per heavy atom. The fourth-order valence-corrected chi connectivity index (χ4v) is 2.67. The van der Waals surface area contributed by atoms with Crippen molar-refractivity contribution < 1.29 is 14.2 Å². The smallest absolute Gasteiger partial charge is 0.161 e. The second-order valence-electron chi connectivity index (χ2n) is 5.39. The summed E-state index contributed by atoms with van der Waals surface area (Å²) in [5.74, 6) is 2.01. The van der Waals surface area contributed by atoms with Gasteiger partial charge < -0.3 is 19.9 Å². The van der Waals surface area contributed by atoms with E-state index < -0.39 is 0 Å². The molecule has 4 nitrogen and oxygen atoms in total. The lowest BCUT2D eigenvalue weighted by atomic mass is 9.72. The van der Waals surface area contributed by atoms with Crippen LogP contribution in [-0.4, -0.2) is 34.0 Å². The van der Waals surface area contributed by atoms with Crippen molar-refractivity contribution in [3.63, 3.8) is 0 Å². The molecule has 0 aromatic heterocycles. The Labute approximate surface area is 114 Å². The van der Waals surface area contributed by atoms with E-state index >= 15 is 0 Å². The second-order valence-corrected chi connectivity index (χ2v) is 5.39. The number of hydrogen-bond acceptors (Lipinski definition) is 4. The Hall–Kier alpha value is -1.26. The molecule has 0 spiro atoms. The van der Waals surface area contributed by atoms with E-state index in [-0.39, 0.29) is 5.41 Å². The molecule has 0 saturated carbocycles. The summed E-state index contributed by atoms with van der Waals surface area (Å²) in [5, 5.41) is 0. The largest absolute Gasteiger partial charge is 0.493 e. The molecule has 1 aliphatic heterocycles. The van der Waals surface area contributed by atoms with Gasteiger partial charge in [0.2, 0.25) is 0 Å². The van der Waals surface area contributed by atoms with Gasteiger partial charge in [-0.25, -0.2) is 0 Å². The van der Waals surface area contributed by atoms with E-state index in [2.05, 4.69) is 19.1 Å². The van der Waals surface area contributed by atoms with Gasteiger partial charge in [-0.1, -0.05) is 13.0 Å². The van der Waals surface area contributed by atoms with Crippen LogP contribution in [0.3, 0.4) is 0 Å². The molecule has 1 atom stereocenters. The van der Waals surface area contributed by atoms with Crippen LogP contribution < -0.4 is 15.2 Å². The quantitative estimate of drug-likeness (QED) is 0.854. The predicted octanol–water partition coefficient (Wildman–Crippen LogP) is 1.96. The monoisotopic (exact) mass is 265 g/mol. The molecule has 2 N–H and O–H groups in total. The standard InChI is InChI=1S/C15H23NO3/c1-11(8-16)7-15(9-19-10-15)12-4-5-13(17-2)14(6-12)18-3/h4-6,11H,7-10,16H2,1-3H3. The fourth-order valence-electron chi connectivity index (χ4n) is 2.67. The van der Waals surface area contributed by atoms with Gasteiger partial charge in [0, 0.05) is 5.41 Å². The fraction of sp³-hybridized carbons (Fsp3) is 0.600. The van der Waals surface area contributed by atoms with Crippen LogP contribution in [0.4, 0.5) is 0 Å². The first-order chi connectivity index (χ1) is 9.15. The van der Waals surface area contributed by atoms with E-state index in [1.807, 2.05) is 6.07 Å². The molecule has 0 amide bonds. The van der Waals surface area contributed by atoms with E-state index in [9.17, 15) is 0 Å². The summed E-state index contributed by atoms with van der Waals surface area (Å²) in [6.45, 7) is 4.40. The topological polar surface area (TPSA) is 53.7 Å². The Kier molecular flexibility index (Phi) is 4.32. The van der Waals surface area contributed by atoms with E-state index in [0.717, 1.165) is 31.1 Å². The maximum absolute atomic E-state index is 5.75. The zero-order chi connectivity index (χ0) is 13.9. The summed E-state index contributed by atoms with van der Waals surface area (Å²) in [6.07, 6.45) is 1.04. The van der Waals surface area contributed by atoms with E-state index in [1.54, 1.807) is 14.2 Å². The molecule has 4 heteroatoms. The van der Waals surface area contributed by atoms with Crippen molar-refractivity contribution in [3.05, 3.63) is 23.8 Å². The highest BCUT2D eigenvalue weighted by atomic mass is 16.5. The molecule has 0 aliphatic carbocycles. The van der Waals surface area contributed by atoms with Crippen molar-refractivity contribution in [1.29, 1.82) is 0 Å². The van der Waals surface area contributed by atoms with Gasteiger partial charge in [-0.15, -0.1) is 0 Å². The summed E-state index contributed by atoms with van der Waals surface area (Å²) in [6, 6.07) is 6.12. The third kappa shape index (κ3) is 2.69. The number of benzene rings is 1. The van der Waals surface area contributed by atoms with Crippen LogP contribution in [0.25, 0.3) is 0 Å². The first-order valence-electron chi connectivity index (χ1n) is 6.65. The SMILES string of the molecule is COc1ccc(C2(CC(C)CN)COC2)cc1OC. The number of methoxy groups -OCH3 is 2. The third-order valence-corrected chi connectivity index (χ3v) is 3.89.